The van der Waals surface area contributed by atoms with E-state index in [4.69, 9.17) is 0 Å². The van der Waals surface area contributed by atoms with E-state index in [-0.39, 0.29) is 24.4 Å². The topological polar surface area (TPSA) is 26.8 Å². The summed E-state index contributed by atoms with van der Waals surface area (Å²) in [6.45, 7) is 1.78. The Morgan fingerprint density at radius 1 is 1.00 bits per heavy atom. The van der Waals surface area contributed by atoms with Crippen molar-refractivity contribution in [2.24, 2.45) is 5.92 Å². The summed E-state index contributed by atoms with van der Waals surface area (Å²) in [5.41, 5.74) is 6.47. The Bertz CT molecular complexity index is 938. The van der Waals surface area contributed by atoms with Gasteiger partial charge in [-0.05, 0) is 62.5 Å². The zero-order valence-corrected chi connectivity index (χ0v) is 19.5. The van der Waals surface area contributed by atoms with Gasteiger partial charge in [0.25, 0.3) is 0 Å². The van der Waals surface area contributed by atoms with Crippen LogP contribution in [0.2, 0.25) is 0 Å². The summed E-state index contributed by atoms with van der Waals surface area (Å²) < 4.78 is 0. The minimum absolute atomic E-state index is 0. The molecule has 0 spiro atoms. The second-order valence-corrected chi connectivity index (χ2v) is 9.41. The fourth-order valence-electron chi connectivity index (χ4n) is 5.79. The number of carbonyl (C=O) groups is 1. The zero-order valence-electron chi connectivity index (χ0n) is 18.7. The van der Waals surface area contributed by atoms with Crippen LogP contribution >= 0.6 is 12.4 Å². The van der Waals surface area contributed by atoms with Crippen LogP contribution in [0.1, 0.15) is 55.7 Å². The maximum absolute atomic E-state index is 13.8. The Labute approximate surface area is 192 Å². The van der Waals surface area contributed by atoms with Crippen molar-refractivity contribution in [1.29, 1.82) is 0 Å². The van der Waals surface area contributed by atoms with E-state index in [0.717, 1.165) is 25.2 Å². The van der Waals surface area contributed by atoms with Crippen LogP contribution in [0, 0.1) is 5.92 Å². The van der Waals surface area contributed by atoms with Crippen molar-refractivity contribution >= 4 is 35.4 Å². The lowest BCUT2D eigenvalue weighted by Gasteiger charge is -2.39. The molecule has 1 unspecified atom stereocenters. The maximum Gasteiger partial charge on any atom is 0.228 e. The molecule has 5 rings (SSSR count). The lowest BCUT2D eigenvalue weighted by atomic mass is 9.79. The average Bonchev–Trinajstić information content (AvgIpc) is 3.15. The third-order valence-corrected chi connectivity index (χ3v) is 7.19. The van der Waals surface area contributed by atoms with Crippen LogP contribution in [0.15, 0.2) is 42.5 Å². The molecule has 1 atom stereocenters. The molecule has 2 aromatic rings. The molecule has 0 aromatic heterocycles. The van der Waals surface area contributed by atoms with Crippen molar-refractivity contribution < 1.29 is 4.79 Å². The van der Waals surface area contributed by atoms with Gasteiger partial charge in [-0.15, -0.1) is 12.4 Å². The van der Waals surface area contributed by atoms with E-state index in [1.165, 1.54) is 54.6 Å². The van der Waals surface area contributed by atoms with Crippen molar-refractivity contribution in [1.82, 2.24) is 4.90 Å². The second kappa shape index (κ2) is 9.22. The summed E-state index contributed by atoms with van der Waals surface area (Å²) in [6, 6.07) is 15.5. The van der Waals surface area contributed by atoms with Gasteiger partial charge in [0.15, 0.2) is 0 Å². The lowest BCUT2D eigenvalue weighted by molar-refractivity contribution is -0.119. The molecule has 0 N–H and O–H groups in total. The lowest BCUT2D eigenvalue weighted by Crippen LogP contribution is -2.40. The molecule has 1 fully saturated rings. The molecular weight excluding hydrogens is 406 g/mol. The standard InChI is InChI=1S/C26H33N3O.ClH/c1-27(2)17-16-24(30)29-23-14-7-6-13-22(23)28-18-15-20-11-8-12-21(25(20)28)26(29)19-9-4-3-5-10-19;/h6-8,11-14,19,26H,3-5,9-10,15-18H2,1-2H3;1H. The van der Waals surface area contributed by atoms with E-state index in [2.05, 4.69) is 57.2 Å². The Morgan fingerprint density at radius 3 is 2.48 bits per heavy atom. The average molecular weight is 440 g/mol. The Balaban J connectivity index is 0.00000231. The van der Waals surface area contributed by atoms with E-state index in [9.17, 15) is 4.79 Å². The number of nitrogens with zero attached hydrogens (tertiary/aromatic N) is 3. The molecular formula is C26H34ClN3O. The molecule has 1 aliphatic carbocycles. The Kier molecular flexibility index (Phi) is 6.59. The first kappa shape index (κ1) is 22.2. The van der Waals surface area contributed by atoms with Crippen molar-refractivity contribution in [2.45, 2.75) is 51.0 Å². The van der Waals surface area contributed by atoms with Gasteiger partial charge in [0, 0.05) is 25.2 Å². The van der Waals surface area contributed by atoms with Crippen molar-refractivity contribution in [3.05, 3.63) is 53.6 Å². The molecule has 31 heavy (non-hydrogen) atoms. The van der Waals surface area contributed by atoms with E-state index in [1.807, 2.05) is 14.1 Å². The zero-order chi connectivity index (χ0) is 20.7. The van der Waals surface area contributed by atoms with Gasteiger partial charge in [-0.2, -0.15) is 0 Å². The fraction of sp³-hybridized carbons (Fsp3) is 0.500. The number of para-hydroxylation sites is 3. The molecule has 4 nitrogen and oxygen atoms in total. The van der Waals surface area contributed by atoms with Crippen LogP contribution in [0.5, 0.6) is 0 Å². The van der Waals surface area contributed by atoms with Crippen molar-refractivity contribution in [3.8, 4) is 0 Å². The molecule has 166 valence electrons. The van der Waals surface area contributed by atoms with Crippen molar-refractivity contribution in [2.75, 3.05) is 37.0 Å². The first-order valence-electron chi connectivity index (χ1n) is 11.6. The number of anilines is 3. The number of halogens is 1. The number of hydrogen-bond donors (Lipinski definition) is 0. The smallest absolute Gasteiger partial charge is 0.228 e. The van der Waals surface area contributed by atoms with Gasteiger partial charge in [-0.3, -0.25) is 4.79 Å². The minimum Gasteiger partial charge on any atom is -0.339 e. The first-order chi connectivity index (χ1) is 14.6. The molecule has 2 aliphatic heterocycles. The Hall–Kier alpha value is -2.04. The van der Waals surface area contributed by atoms with E-state index >= 15 is 0 Å². The predicted molar refractivity (Wildman–Crippen MR) is 131 cm³/mol. The van der Waals surface area contributed by atoms with Gasteiger partial charge >= 0.3 is 0 Å². The monoisotopic (exact) mass is 439 g/mol. The van der Waals surface area contributed by atoms with E-state index in [0.29, 0.717) is 12.3 Å². The van der Waals surface area contributed by atoms with Gasteiger partial charge in [0.05, 0.1) is 17.4 Å². The molecule has 1 amide bonds. The SMILES string of the molecule is CN(C)CCC(=O)N1c2ccccc2N2CCc3cccc(c32)C1C1CCCCC1.Cl. The molecule has 1 saturated carbocycles. The van der Waals surface area contributed by atoms with Crippen LogP contribution in [-0.2, 0) is 11.2 Å². The third kappa shape index (κ3) is 3.96. The molecule has 0 saturated heterocycles. The fourth-order valence-corrected chi connectivity index (χ4v) is 5.79. The summed E-state index contributed by atoms with van der Waals surface area (Å²) in [4.78, 5) is 20.6. The highest BCUT2D eigenvalue weighted by Crippen LogP contribution is 2.53. The molecule has 3 aliphatic rings. The number of rotatable bonds is 4. The first-order valence-corrected chi connectivity index (χ1v) is 11.6. The summed E-state index contributed by atoms with van der Waals surface area (Å²) in [5, 5.41) is 0. The van der Waals surface area contributed by atoms with Crippen LogP contribution in [-0.4, -0.2) is 38.0 Å². The minimum atomic E-state index is 0. The van der Waals surface area contributed by atoms with E-state index in [1.54, 1.807) is 0 Å². The largest absolute Gasteiger partial charge is 0.339 e. The van der Waals surface area contributed by atoms with Crippen molar-refractivity contribution in [3.63, 3.8) is 0 Å². The van der Waals surface area contributed by atoms with Gasteiger partial charge in [0.1, 0.15) is 0 Å². The van der Waals surface area contributed by atoms with Crippen LogP contribution < -0.4 is 9.80 Å². The van der Waals surface area contributed by atoms with Gasteiger partial charge in [-0.1, -0.05) is 49.6 Å². The summed E-state index contributed by atoms with van der Waals surface area (Å²) in [6.07, 6.45) is 7.96. The van der Waals surface area contributed by atoms with Gasteiger partial charge in [0.2, 0.25) is 5.91 Å². The maximum atomic E-state index is 13.8. The summed E-state index contributed by atoms with van der Waals surface area (Å²) in [5.74, 6) is 0.785. The molecule has 0 radical (unpaired) electrons. The summed E-state index contributed by atoms with van der Waals surface area (Å²) >= 11 is 0. The highest BCUT2D eigenvalue weighted by molar-refractivity contribution is 6.00. The summed E-state index contributed by atoms with van der Waals surface area (Å²) in [7, 11) is 4.09. The number of carbonyl (C=O) groups excluding carboxylic acids is 1. The number of fused-ring (bicyclic) bond motifs is 2. The Morgan fingerprint density at radius 2 is 1.74 bits per heavy atom. The van der Waals surface area contributed by atoms with Crippen LogP contribution in [0.4, 0.5) is 17.1 Å². The highest BCUT2D eigenvalue weighted by Gasteiger charge is 2.41. The van der Waals surface area contributed by atoms with E-state index < -0.39 is 0 Å². The van der Waals surface area contributed by atoms with Gasteiger partial charge in [-0.25, -0.2) is 0 Å². The van der Waals surface area contributed by atoms with Crippen LogP contribution in [0.25, 0.3) is 0 Å². The molecule has 2 aromatic carbocycles. The highest BCUT2D eigenvalue weighted by atomic mass is 35.5. The molecule has 0 bridgehead atoms. The number of benzene rings is 2. The molecule has 5 heteroatoms. The quantitative estimate of drug-likeness (QED) is 0.609. The number of hydrogen-bond acceptors (Lipinski definition) is 3. The van der Waals surface area contributed by atoms with Crippen LogP contribution in [0.3, 0.4) is 0 Å². The van der Waals surface area contributed by atoms with Gasteiger partial charge < -0.3 is 14.7 Å². The second-order valence-electron chi connectivity index (χ2n) is 9.41. The number of amides is 1. The predicted octanol–water partition coefficient (Wildman–Crippen LogP) is 5.72. The third-order valence-electron chi connectivity index (χ3n) is 7.19. The normalized spacial score (nSPS) is 20.2. The molecule has 2 heterocycles.